The van der Waals surface area contributed by atoms with E-state index in [-0.39, 0.29) is 24.7 Å². The second-order valence-electron chi connectivity index (χ2n) is 7.96. The van der Waals surface area contributed by atoms with Gasteiger partial charge in [0.1, 0.15) is 5.82 Å². The molecule has 0 saturated heterocycles. The van der Waals surface area contributed by atoms with Crippen LogP contribution in [0.1, 0.15) is 27.9 Å². The van der Waals surface area contributed by atoms with E-state index < -0.39 is 5.97 Å². The molecule has 0 aliphatic heterocycles. The molecule has 0 spiro atoms. The molecule has 1 aromatic heterocycles. The summed E-state index contributed by atoms with van der Waals surface area (Å²) in [6, 6.07) is 23.6. The molecule has 0 radical (unpaired) electrons. The number of benzene rings is 3. The van der Waals surface area contributed by atoms with Crippen molar-refractivity contribution in [2.45, 2.75) is 19.5 Å². The Morgan fingerprint density at radius 1 is 0.914 bits per heavy atom. The Bertz CT molecular complexity index is 1280. The van der Waals surface area contributed by atoms with Crippen LogP contribution >= 0.6 is 11.3 Å². The van der Waals surface area contributed by atoms with E-state index in [1.807, 2.05) is 35.7 Å². The molecule has 0 bridgehead atoms. The minimum atomic E-state index is -0.955. The average molecular weight is 490 g/mol. The van der Waals surface area contributed by atoms with Crippen LogP contribution in [0.15, 0.2) is 84.2 Å². The lowest BCUT2D eigenvalue weighted by molar-refractivity contribution is -0.136. The highest BCUT2D eigenvalue weighted by molar-refractivity contribution is 7.14. The molecule has 178 valence electrons. The van der Waals surface area contributed by atoms with Crippen molar-refractivity contribution in [3.05, 3.63) is 107 Å². The number of nitrogens with zero attached hydrogens (tertiary/aromatic N) is 2. The molecular weight excluding hydrogens is 465 g/mol. The monoisotopic (exact) mass is 489 g/mol. The summed E-state index contributed by atoms with van der Waals surface area (Å²) in [5, 5.41) is 14.1. The summed E-state index contributed by atoms with van der Waals surface area (Å²) in [5.41, 5.74) is 4.26. The van der Waals surface area contributed by atoms with E-state index in [0.29, 0.717) is 18.7 Å². The number of rotatable bonds is 10. The Morgan fingerprint density at radius 3 is 2.23 bits per heavy atom. The van der Waals surface area contributed by atoms with Gasteiger partial charge in [0, 0.05) is 36.1 Å². The van der Waals surface area contributed by atoms with Crippen molar-refractivity contribution in [2.75, 3.05) is 11.4 Å². The van der Waals surface area contributed by atoms with E-state index in [9.17, 15) is 14.0 Å². The lowest BCUT2D eigenvalue weighted by atomic mass is 10.1. The van der Waals surface area contributed by atoms with Crippen LogP contribution in [0, 0.1) is 5.82 Å². The van der Waals surface area contributed by atoms with Gasteiger partial charge in [-0.2, -0.15) is 0 Å². The molecule has 2 N–H and O–H groups in total. The Kier molecular flexibility index (Phi) is 7.84. The summed E-state index contributed by atoms with van der Waals surface area (Å²) >= 11 is 1.52. The number of halogens is 1. The Morgan fingerprint density at radius 2 is 1.57 bits per heavy atom. The maximum atomic E-state index is 13.3. The fourth-order valence-corrected chi connectivity index (χ4v) is 4.36. The number of nitrogens with one attached hydrogen (secondary N) is 1. The summed E-state index contributed by atoms with van der Waals surface area (Å²) in [7, 11) is 0. The van der Waals surface area contributed by atoms with Crippen molar-refractivity contribution in [1.29, 1.82) is 0 Å². The van der Waals surface area contributed by atoms with Gasteiger partial charge in [0.2, 0.25) is 0 Å². The van der Waals surface area contributed by atoms with Gasteiger partial charge in [-0.15, -0.1) is 11.3 Å². The highest BCUT2D eigenvalue weighted by Crippen LogP contribution is 2.29. The van der Waals surface area contributed by atoms with Crippen molar-refractivity contribution in [3.63, 3.8) is 0 Å². The van der Waals surface area contributed by atoms with Crippen molar-refractivity contribution in [1.82, 2.24) is 10.3 Å². The third kappa shape index (κ3) is 6.74. The molecule has 35 heavy (non-hydrogen) atoms. The minimum Gasteiger partial charge on any atom is -0.481 e. The summed E-state index contributed by atoms with van der Waals surface area (Å²) in [6.45, 7) is 1.31. The number of carbonyl (C=O) groups is 2. The number of hydrogen-bond acceptors (Lipinski definition) is 5. The van der Waals surface area contributed by atoms with Gasteiger partial charge < -0.3 is 15.3 Å². The summed E-state index contributed by atoms with van der Waals surface area (Å²) < 4.78 is 13.3. The molecule has 8 heteroatoms. The first-order valence-electron chi connectivity index (χ1n) is 11.1. The van der Waals surface area contributed by atoms with Crippen molar-refractivity contribution < 1.29 is 19.1 Å². The average Bonchev–Trinajstić information content (AvgIpc) is 3.35. The first-order valence-corrected chi connectivity index (χ1v) is 11.9. The third-order valence-corrected chi connectivity index (χ3v) is 6.23. The van der Waals surface area contributed by atoms with Gasteiger partial charge in [-0.3, -0.25) is 9.59 Å². The molecule has 0 unspecified atom stereocenters. The fraction of sp³-hybridized carbons (Fsp3) is 0.148. The number of aliphatic carboxylic acids is 1. The lowest BCUT2D eigenvalue weighted by Gasteiger charge is -2.22. The predicted octanol–water partition coefficient (Wildman–Crippen LogP) is 5.36. The number of thiazole rings is 1. The van der Waals surface area contributed by atoms with Crippen LogP contribution in [0.3, 0.4) is 0 Å². The van der Waals surface area contributed by atoms with Crippen LogP contribution in [-0.4, -0.2) is 28.5 Å². The van der Waals surface area contributed by atoms with E-state index in [1.54, 1.807) is 24.3 Å². The summed E-state index contributed by atoms with van der Waals surface area (Å²) in [6.07, 6.45) is -0.119. The Balaban J connectivity index is 1.51. The number of carboxylic acids is 1. The van der Waals surface area contributed by atoms with E-state index in [4.69, 9.17) is 10.1 Å². The molecule has 4 aromatic rings. The zero-order valence-electron chi connectivity index (χ0n) is 18.9. The van der Waals surface area contributed by atoms with E-state index in [2.05, 4.69) is 22.3 Å². The second kappa shape index (κ2) is 11.4. The minimum absolute atomic E-state index is 0.0845. The second-order valence-corrected chi connectivity index (χ2v) is 8.80. The molecule has 0 saturated carbocycles. The smallest absolute Gasteiger partial charge is 0.305 e. The summed E-state index contributed by atoms with van der Waals surface area (Å²) in [4.78, 5) is 29.8. The van der Waals surface area contributed by atoms with E-state index in [0.717, 1.165) is 27.5 Å². The highest BCUT2D eigenvalue weighted by atomic mass is 32.1. The molecule has 6 nitrogen and oxygen atoms in total. The fourth-order valence-electron chi connectivity index (χ4n) is 3.52. The molecule has 3 aromatic carbocycles. The topological polar surface area (TPSA) is 82.5 Å². The zero-order valence-corrected chi connectivity index (χ0v) is 19.7. The molecule has 4 rings (SSSR count). The van der Waals surface area contributed by atoms with Gasteiger partial charge in [0.15, 0.2) is 5.13 Å². The number of carbonyl (C=O) groups excluding carboxylic acids is 1. The summed E-state index contributed by atoms with van der Waals surface area (Å²) in [5.74, 6) is -1.54. The first-order chi connectivity index (χ1) is 17.0. The number of anilines is 1. The maximum absolute atomic E-state index is 13.3. The van der Waals surface area contributed by atoms with Gasteiger partial charge in [0.05, 0.1) is 12.1 Å². The number of hydrogen-bond donors (Lipinski definition) is 2. The number of aromatic nitrogens is 1. The van der Waals surface area contributed by atoms with Gasteiger partial charge in [-0.05, 0) is 47.5 Å². The Hall–Kier alpha value is -4.04. The zero-order chi connectivity index (χ0) is 24.6. The predicted molar refractivity (Wildman–Crippen MR) is 135 cm³/mol. The normalized spacial score (nSPS) is 10.7. The quantitative estimate of drug-likeness (QED) is 0.313. The third-order valence-electron chi connectivity index (χ3n) is 5.33. The molecule has 0 fully saturated rings. The van der Waals surface area contributed by atoms with E-state index in [1.165, 1.54) is 23.5 Å². The standard InChI is InChI=1S/C27H24FN3O3S/c28-23-12-10-21(11-13-23)24-18-35-27(30-24)31(16-19-4-2-1-3-5-19)17-20-6-8-22(9-7-20)26(34)29-15-14-25(32)33/h1-13,18H,14-17H2,(H,29,34)(H,32,33). The lowest BCUT2D eigenvalue weighted by Crippen LogP contribution is -2.26. The van der Waals surface area contributed by atoms with Crippen LogP contribution in [0.2, 0.25) is 0 Å². The van der Waals surface area contributed by atoms with Crippen LogP contribution in [-0.2, 0) is 17.9 Å². The van der Waals surface area contributed by atoms with Crippen molar-refractivity contribution >= 4 is 28.3 Å². The van der Waals surface area contributed by atoms with Crippen LogP contribution in [0.25, 0.3) is 11.3 Å². The van der Waals surface area contributed by atoms with Crippen molar-refractivity contribution in [2.24, 2.45) is 0 Å². The highest BCUT2D eigenvalue weighted by Gasteiger charge is 2.15. The molecule has 0 atom stereocenters. The SMILES string of the molecule is O=C(O)CCNC(=O)c1ccc(CN(Cc2ccccc2)c2nc(-c3ccc(F)cc3)cs2)cc1. The molecular formula is C27H24FN3O3S. The maximum Gasteiger partial charge on any atom is 0.305 e. The number of carboxylic acid groups (broad SMARTS) is 1. The van der Waals surface area contributed by atoms with Crippen LogP contribution < -0.4 is 10.2 Å². The van der Waals surface area contributed by atoms with Gasteiger partial charge >= 0.3 is 5.97 Å². The Labute approximate surface area is 206 Å². The van der Waals surface area contributed by atoms with Crippen LogP contribution in [0.4, 0.5) is 9.52 Å². The van der Waals surface area contributed by atoms with Crippen LogP contribution in [0.5, 0.6) is 0 Å². The van der Waals surface area contributed by atoms with Gasteiger partial charge in [0.25, 0.3) is 5.91 Å². The molecule has 0 aliphatic carbocycles. The molecule has 0 aliphatic rings. The molecule has 1 amide bonds. The van der Waals surface area contributed by atoms with Gasteiger partial charge in [-0.25, -0.2) is 9.37 Å². The largest absolute Gasteiger partial charge is 0.481 e. The first kappa shape index (κ1) is 24.1. The van der Waals surface area contributed by atoms with Crippen molar-refractivity contribution in [3.8, 4) is 11.3 Å². The van der Waals surface area contributed by atoms with E-state index >= 15 is 0 Å². The van der Waals surface area contributed by atoms with Gasteiger partial charge in [-0.1, -0.05) is 42.5 Å². The molecule has 1 heterocycles. The number of amides is 1.